The number of aryl methyl sites for hydroxylation is 1. The minimum Gasteiger partial charge on any atom is -0.497 e. The van der Waals surface area contributed by atoms with E-state index in [4.69, 9.17) is 4.74 Å². The zero-order valence-corrected chi connectivity index (χ0v) is 15.6. The molecule has 0 saturated heterocycles. The van der Waals surface area contributed by atoms with Crippen LogP contribution >= 0.6 is 0 Å². The molecule has 1 aliphatic carbocycles. The van der Waals surface area contributed by atoms with Crippen molar-refractivity contribution in [1.29, 1.82) is 0 Å². The Balaban J connectivity index is 1.64. The van der Waals surface area contributed by atoms with Crippen molar-refractivity contribution < 1.29 is 4.74 Å². The van der Waals surface area contributed by atoms with Crippen LogP contribution in [0.5, 0.6) is 5.75 Å². The van der Waals surface area contributed by atoms with Gasteiger partial charge in [-0.2, -0.15) is 0 Å². The molecule has 1 aromatic carbocycles. The zero-order chi connectivity index (χ0) is 17.1. The van der Waals surface area contributed by atoms with E-state index in [2.05, 4.69) is 55.5 Å². The molecule has 132 valence electrons. The van der Waals surface area contributed by atoms with Gasteiger partial charge in [0.2, 0.25) is 0 Å². The number of benzene rings is 1. The van der Waals surface area contributed by atoms with E-state index >= 15 is 0 Å². The summed E-state index contributed by atoms with van der Waals surface area (Å²) in [5.74, 6) is 0.950. The van der Waals surface area contributed by atoms with Crippen LogP contribution in [0.15, 0.2) is 48.6 Å². The second-order valence-electron chi connectivity index (χ2n) is 7.22. The lowest BCUT2D eigenvalue weighted by molar-refractivity contribution is 0.300. The first-order chi connectivity index (χ1) is 11.8. The van der Waals surface area contributed by atoms with E-state index in [9.17, 15) is 0 Å². The fraction of sp³-hybridized carbons (Fsp3) is 0.565. The molecule has 0 bridgehead atoms. The summed E-state index contributed by atoms with van der Waals surface area (Å²) in [6.07, 6.45) is 22.5. The molecule has 1 unspecified atom stereocenters. The Morgan fingerprint density at radius 1 is 0.917 bits per heavy atom. The molecule has 0 N–H and O–H groups in total. The summed E-state index contributed by atoms with van der Waals surface area (Å²) in [6, 6.07) is 8.51. The Hall–Kier alpha value is -1.50. The minimum atomic E-state index is 0.459. The number of hydrogen-bond donors (Lipinski definition) is 0. The molecule has 0 aromatic heterocycles. The molecule has 1 aromatic rings. The molecular formula is C23H34O. The number of unbranched alkanes of at least 4 members (excludes halogenated alkanes) is 4. The molecule has 1 atom stereocenters. The Morgan fingerprint density at radius 2 is 1.67 bits per heavy atom. The highest BCUT2D eigenvalue weighted by Crippen LogP contribution is 2.38. The van der Waals surface area contributed by atoms with E-state index in [0.717, 1.165) is 5.75 Å². The third-order valence-corrected chi connectivity index (χ3v) is 5.30. The van der Waals surface area contributed by atoms with Gasteiger partial charge in [0.25, 0.3) is 0 Å². The summed E-state index contributed by atoms with van der Waals surface area (Å²) < 4.78 is 5.21. The first kappa shape index (κ1) is 18.8. The third kappa shape index (κ3) is 6.19. The highest BCUT2D eigenvalue weighted by atomic mass is 16.5. The smallest absolute Gasteiger partial charge is 0.118 e. The molecule has 1 aliphatic rings. The van der Waals surface area contributed by atoms with Gasteiger partial charge in [0.15, 0.2) is 0 Å². The van der Waals surface area contributed by atoms with Gasteiger partial charge in [0.05, 0.1) is 7.11 Å². The van der Waals surface area contributed by atoms with E-state index < -0.39 is 0 Å². The maximum atomic E-state index is 5.21. The van der Waals surface area contributed by atoms with Crippen molar-refractivity contribution >= 4 is 0 Å². The monoisotopic (exact) mass is 326 g/mol. The Labute approximate surface area is 148 Å². The summed E-state index contributed by atoms with van der Waals surface area (Å²) >= 11 is 0. The Kier molecular flexibility index (Phi) is 8.15. The summed E-state index contributed by atoms with van der Waals surface area (Å²) in [7, 11) is 1.72. The fourth-order valence-corrected chi connectivity index (χ4v) is 3.69. The second kappa shape index (κ2) is 10.4. The predicted octanol–water partition coefficient (Wildman–Crippen LogP) is 6.88. The molecule has 2 rings (SSSR count). The van der Waals surface area contributed by atoms with Crippen LogP contribution in [0, 0.1) is 5.41 Å². The van der Waals surface area contributed by atoms with Gasteiger partial charge < -0.3 is 4.74 Å². The summed E-state index contributed by atoms with van der Waals surface area (Å²) in [5.41, 5.74) is 1.89. The van der Waals surface area contributed by atoms with Crippen LogP contribution in [0.2, 0.25) is 0 Å². The van der Waals surface area contributed by atoms with Crippen LogP contribution in [0.4, 0.5) is 0 Å². The van der Waals surface area contributed by atoms with Crippen molar-refractivity contribution in [2.24, 2.45) is 5.41 Å². The van der Waals surface area contributed by atoms with Gasteiger partial charge in [-0.3, -0.25) is 0 Å². The molecule has 0 spiro atoms. The summed E-state index contributed by atoms with van der Waals surface area (Å²) in [6.45, 7) is 2.30. The van der Waals surface area contributed by atoms with E-state index in [1.54, 1.807) is 7.11 Å². The zero-order valence-electron chi connectivity index (χ0n) is 15.6. The Bertz CT molecular complexity index is 511. The minimum absolute atomic E-state index is 0.459. The van der Waals surface area contributed by atoms with Crippen molar-refractivity contribution in [2.45, 2.75) is 71.1 Å². The van der Waals surface area contributed by atoms with Gasteiger partial charge in [0.1, 0.15) is 5.75 Å². The Morgan fingerprint density at radius 3 is 2.33 bits per heavy atom. The predicted molar refractivity (Wildman–Crippen MR) is 105 cm³/mol. The van der Waals surface area contributed by atoms with Gasteiger partial charge in [-0.25, -0.2) is 0 Å². The molecular weight excluding hydrogens is 292 g/mol. The van der Waals surface area contributed by atoms with Crippen molar-refractivity contribution in [1.82, 2.24) is 0 Å². The highest BCUT2D eigenvalue weighted by Gasteiger charge is 2.25. The first-order valence-corrected chi connectivity index (χ1v) is 9.75. The molecule has 0 saturated carbocycles. The highest BCUT2D eigenvalue weighted by molar-refractivity contribution is 5.27. The molecule has 0 aliphatic heterocycles. The number of ether oxygens (including phenoxy) is 1. The summed E-state index contributed by atoms with van der Waals surface area (Å²) in [5, 5.41) is 0. The largest absolute Gasteiger partial charge is 0.497 e. The molecule has 1 heteroatoms. The maximum absolute atomic E-state index is 5.21. The van der Waals surface area contributed by atoms with Crippen molar-refractivity contribution in [3.8, 4) is 5.75 Å². The van der Waals surface area contributed by atoms with Crippen LogP contribution in [0.1, 0.15) is 70.3 Å². The number of allylic oxidation sites excluding steroid dienone is 4. The van der Waals surface area contributed by atoms with Gasteiger partial charge in [-0.15, -0.1) is 0 Å². The molecule has 0 fully saturated rings. The lowest BCUT2D eigenvalue weighted by Gasteiger charge is -2.31. The average molecular weight is 327 g/mol. The first-order valence-electron chi connectivity index (χ1n) is 9.75. The topological polar surface area (TPSA) is 9.23 Å². The van der Waals surface area contributed by atoms with Crippen LogP contribution < -0.4 is 4.74 Å². The molecule has 0 heterocycles. The number of methoxy groups -OCH3 is 1. The van der Waals surface area contributed by atoms with Crippen LogP contribution in [0.25, 0.3) is 0 Å². The quantitative estimate of drug-likeness (QED) is 0.403. The average Bonchev–Trinajstić information content (AvgIpc) is 2.64. The second-order valence-corrected chi connectivity index (χ2v) is 7.22. The van der Waals surface area contributed by atoms with Crippen molar-refractivity contribution in [2.75, 3.05) is 7.11 Å². The summed E-state index contributed by atoms with van der Waals surface area (Å²) in [4.78, 5) is 0. The van der Waals surface area contributed by atoms with Gasteiger partial charge in [-0.1, -0.05) is 75.5 Å². The van der Waals surface area contributed by atoms with Gasteiger partial charge in [0, 0.05) is 0 Å². The lowest BCUT2D eigenvalue weighted by atomic mass is 9.73. The van der Waals surface area contributed by atoms with Crippen molar-refractivity contribution in [3.05, 3.63) is 54.1 Å². The van der Waals surface area contributed by atoms with E-state index in [0.29, 0.717) is 5.41 Å². The maximum Gasteiger partial charge on any atom is 0.118 e. The number of rotatable bonds is 11. The van der Waals surface area contributed by atoms with Crippen molar-refractivity contribution in [3.63, 3.8) is 0 Å². The van der Waals surface area contributed by atoms with Gasteiger partial charge >= 0.3 is 0 Å². The third-order valence-electron chi connectivity index (χ3n) is 5.30. The van der Waals surface area contributed by atoms with E-state index in [1.807, 2.05) is 0 Å². The van der Waals surface area contributed by atoms with E-state index in [1.165, 1.54) is 69.8 Å². The fourth-order valence-electron chi connectivity index (χ4n) is 3.69. The van der Waals surface area contributed by atoms with Gasteiger partial charge in [-0.05, 0) is 55.2 Å². The van der Waals surface area contributed by atoms with Crippen LogP contribution in [-0.2, 0) is 6.42 Å². The SMILES string of the molecule is CCCCC1(CCCCCCc2ccc(OC)cc2)C=CC=CC1. The molecule has 0 radical (unpaired) electrons. The van der Waals surface area contributed by atoms with E-state index in [-0.39, 0.29) is 0 Å². The lowest BCUT2D eigenvalue weighted by Crippen LogP contribution is -2.18. The standard InChI is InChI=1S/C23H34O/c1-3-4-17-23(19-10-7-11-20-23)18-9-6-5-8-12-21-13-15-22(24-2)16-14-21/h7,10-11,13-16,19H,3-6,8-9,12,17-18,20H2,1-2H3. The normalized spacial score (nSPS) is 19.6. The van der Waals surface area contributed by atoms with Crippen LogP contribution in [0.3, 0.4) is 0 Å². The molecule has 1 nitrogen and oxygen atoms in total. The van der Waals surface area contributed by atoms with Crippen LogP contribution in [-0.4, -0.2) is 7.11 Å². The number of hydrogen-bond acceptors (Lipinski definition) is 1. The molecule has 0 amide bonds. The molecule has 24 heavy (non-hydrogen) atoms.